The zero-order valence-corrected chi connectivity index (χ0v) is 18.0. The summed E-state index contributed by atoms with van der Waals surface area (Å²) in [7, 11) is 0. The maximum absolute atomic E-state index is 12.2. The van der Waals surface area contributed by atoms with Crippen molar-refractivity contribution < 1.29 is 24.2 Å². The van der Waals surface area contributed by atoms with E-state index >= 15 is 0 Å². The van der Waals surface area contributed by atoms with E-state index in [0.717, 1.165) is 20.9 Å². The van der Waals surface area contributed by atoms with Crippen LogP contribution in [0.4, 0.5) is 4.79 Å². The van der Waals surface area contributed by atoms with Crippen molar-refractivity contribution in [3.05, 3.63) is 67.1 Å². The number of carboxylic acid groups (broad SMARTS) is 1. The average molecular weight is 530 g/mol. The first-order chi connectivity index (χ1) is 13.3. The molecule has 28 heavy (non-hydrogen) atoms. The van der Waals surface area contributed by atoms with Crippen molar-refractivity contribution in [1.29, 1.82) is 0 Å². The monoisotopic (exact) mass is 529 g/mol. The Morgan fingerprint density at radius 1 is 1.21 bits per heavy atom. The third-order valence-corrected chi connectivity index (χ3v) is 5.73. The molecule has 6 nitrogen and oxygen atoms in total. The van der Waals surface area contributed by atoms with Crippen LogP contribution < -0.4 is 4.74 Å². The number of rotatable bonds is 6. The van der Waals surface area contributed by atoms with Crippen LogP contribution in [0.2, 0.25) is 5.02 Å². The van der Waals surface area contributed by atoms with E-state index in [2.05, 4.69) is 22.6 Å². The van der Waals surface area contributed by atoms with Crippen LogP contribution in [0.1, 0.15) is 11.1 Å². The molecule has 2 aromatic carbocycles. The van der Waals surface area contributed by atoms with Crippen molar-refractivity contribution in [3.63, 3.8) is 0 Å². The summed E-state index contributed by atoms with van der Waals surface area (Å²) >= 11 is 8.72. The van der Waals surface area contributed by atoms with E-state index in [1.165, 1.54) is 0 Å². The number of aliphatic carboxylic acids is 1. The molecule has 1 heterocycles. The lowest BCUT2D eigenvalue weighted by atomic mass is 10.2. The van der Waals surface area contributed by atoms with E-state index in [9.17, 15) is 14.4 Å². The van der Waals surface area contributed by atoms with Crippen LogP contribution >= 0.6 is 46.0 Å². The molecule has 1 N–H and O–H groups in total. The smallest absolute Gasteiger partial charge is 0.323 e. The molecule has 0 saturated carbocycles. The minimum Gasteiger partial charge on any atom is -0.488 e. The van der Waals surface area contributed by atoms with Crippen LogP contribution in [0, 0.1) is 3.57 Å². The fourth-order valence-electron chi connectivity index (χ4n) is 2.39. The number of carbonyl (C=O) groups is 3. The number of nitrogens with zero attached hydrogens (tertiary/aromatic N) is 1. The summed E-state index contributed by atoms with van der Waals surface area (Å²) in [5.74, 6) is -1.15. The van der Waals surface area contributed by atoms with Crippen molar-refractivity contribution in [2.75, 3.05) is 6.54 Å². The van der Waals surface area contributed by atoms with Crippen LogP contribution in [0.15, 0.2) is 47.4 Å². The Hall–Kier alpha value is -2.04. The first-order valence-corrected chi connectivity index (χ1v) is 10.2. The van der Waals surface area contributed by atoms with Gasteiger partial charge in [0.2, 0.25) is 0 Å². The second-order valence-electron chi connectivity index (χ2n) is 5.77. The number of hydrogen-bond donors (Lipinski definition) is 1. The second kappa shape index (κ2) is 8.97. The normalized spacial score (nSPS) is 15.4. The van der Waals surface area contributed by atoms with Gasteiger partial charge in [-0.25, -0.2) is 0 Å². The highest BCUT2D eigenvalue weighted by atomic mass is 127. The summed E-state index contributed by atoms with van der Waals surface area (Å²) in [5.41, 5.74) is 1.69. The van der Waals surface area contributed by atoms with Crippen molar-refractivity contribution in [1.82, 2.24) is 4.90 Å². The highest BCUT2D eigenvalue weighted by molar-refractivity contribution is 14.1. The molecule has 0 bridgehead atoms. The molecule has 9 heteroatoms. The minimum absolute atomic E-state index is 0.192. The van der Waals surface area contributed by atoms with Crippen LogP contribution in [-0.2, 0) is 16.2 Å². The van der Waals surface area contributed by atoms with Crippen LogP contribution in [0.25, 0.3) is 6.08 Å². The summed E-state index contributed by atoms with van der Waals surface area (Å²) in [6.45, 7) is -0.252. The zero-order chi connectivity index (χ0) is 20.3. The van der Waals surface area contributed by atoms with Gasteiger partial charge in [0.15, 0.2) is 0 Å². The molecule has 1 saturated heterocycles. The zero-order valence-electron chi connectivity index (χ0n) is 14.2. The Balaban J connectivity index is 1.71. The molecule has 2 amide bonds. The predicted octanol–water partition coefficient (Wildman–Crippen LogP) is 4.64. The first kappa shape index (κ1) is 20.7. The lowest BCUT2D eigenvalue weighted by Gasteiger charge is -2.09. The van der Waals surface area contributed by atoms with Gasteiger partial charge in [0.05, 0.1) is 8.48 Å². The number of benzene rings is 2. The third-order valence-electron chi connectivity index (χ3n) is 3.73. The van der Waals surface area contributed by atoms with Gasteiger partial charge in [0, 0.05) is 5.02 Å². The molecule has 0 aliphatic carbocycles. The molecule has 0 spiro atoms. The predicted molar refractivity (Wildman–Crippen MR) is 115 cm³/mol. The standard InChI is InChI=1S/C19H13ClINO5S/c20-13-4-1-11(2-5-13)10-27-15-6-3-12(7-14(15)21)8-16-18(25)22(9-17(23)24)19(26)28-16/h1-8H,9-10H2,(H,23,24)/b16-8+. The quantitative estimate of drug-likeness (QED) is 0.433. The largest absolute Gasteiger partial charge is 0.488 e. The number of imide groups is 1. The number of carboxylic acids is 1. The van der Waals surface area contributed by atoms with Crippen molar-refractivity contribution in [2.24, 2.45) is 0 Å². The molecule has 1 fully saturated rings. The number of carbonyl (C=O) groups excluding carboxylic acids is 2. The van der Waals surface area contributed by atoms with Crippen LogP contribution in [-0.4, -0.2) is 33.7 Å². The molecule has 0 atom stereocenters. The van der Waals surface area contributed by atoms with Gasteiger partial charge in [-0.15, -0.1) is 0 Å². The van der Waals surface area contributed by atoms with Crippen LogP contribution in [0.5, 0.6) is 5.75 Å². The third kappa shape index (κ3) is 5.06. The number of amides is 2. The SMILES string of the molecule is O=C(O)CN1C(=O)S/C(=C/c2ccc(OCc3ccc(Cl)cc3)c(I)c2)C1=O. The van der Waals surface area contributed by atoms with Gasteiger partial charge < -0.3 is 9.84 Å². The summed E-state index contributed by atoms with van der Waals surface area (Å²) < 4.78 is 6.65. The van der Waals surface area contributed by atoms with Gasteiger partial charge in [-0.1, -0.05) is 29.8 Å². The summed E-state index contributed by atoms with van der Waals surface area (Å²) in [4.78, 5) is 35.7. The molecular formula is C19H13ClINO5S. The molecular weight excluding hydrogens is 517 g/mol. The average Bonchev–Trinajstić information content (AvgIpc) is 2.89. The Morgan fingerprint density at radius 2 is 1.93 bits per heavy atom. The van der Waals surface area contributed by atoms with E-state index in [1.54, 1.807) is 30.3 Å². The molecule has 1 aliphatic rings. The Morgan fingerprint density at radius 3 is 2.57 bits per heavy atom. The molecule has 2 aromatic rings. The van der Waals surface area contributed by atoms with Gasteiger partial charge in [0.1, 0.15) is 18.9 Å². The molecule has 3 rings (SSSR count). The molecule has 0 aromatic heterocycles. The van der Waals surface area contributed by atoms with E-state index in [1.807, 2.05) is 18.2 Å². The Kier molecular flexibility index (Phi) is 6.63. The molecule has 1 aliphatic heterocycles. The van der Waals surface area contributed by atoms with E-state index in [0.29, 0.717) is 27.8 Å². The summed E-state index contributed by atoms with van der Waals surface area (Å²) in [6.07, 6.45) is 1.57. The number of halogens is 2. The fourth-order valence-corrected chi connectivity index (χ4v) is 4.05. The lowest BCUT2D eigenvalue weighted by Crippen LogP contribution is -2.33. The number of hydrogen-bond acceptors (Lipinski definition) is 5. The van der Waals surface area contributed by atoms with Gasteiger partial charge in [-0.3, -0.25) is 19.3 Å². The minimum atomic E-state index is -1.24. The van der Waals surface area contributed by atoms with E-state index in [-0.39, 0.29) is 4.91 Å². The highest BCUT2D eigenvalue weighted by Gasteiger charge is 2.36. The van der Waals surface area contributed by atoms with E-state index < -0.39 is 23.7 Å². The topological polar surface area (TPSA) is 83.9 Å². The maximum atomic E-state index is 12.2. The Bertz CT molecular complexity index is 977. The van der Waals surface area contributed by atoms with Crippen molar-refractivity contribution in [3.8, 4) is 5.75 Å². The lowest BCUT2D eigenvalue weighted by molar-refractivity contribution is -0.140. The van der Waals surface area contributed by atoms with E-state index in [4.69, 9.17) is 21.4 Å². The molecule has 0 unspecified atom stereocenters. The molecule has 0 radical (unpaired) electrons. The van der Waals surface area contributed by atoms with Crippen molar-refractivity contribution in [2.45, 2.75) is 6.61 Å². The number of ether oxygens (including phenoxy) is 1. The van der Waals surface area contributed by atoms with Crippen LogP contribution in [0.3, 0.4) is 0 Å². The Labute approximate surface area is 183 Å². The first-order valence-electron chi connectivity index (χ1n) is 7.97. The van der Waals surface area contributed by atoms with Crippen molar-refractivity contribution >= 4 is 69.1 Å². The highest BCUT2D eigenvalue weighted by Crippen LogP contribution is 2.33. The van der Waals surface area contributed by atoms with Gasteiger partial charge in [-0.05, 0) is 75.8 Å². The fraction of sp³-hybridized carbons (Fsp3) is 0.105. The van der Waals surface area contributed by atoms with Gasteiger partial charge in [0.25, 0.3) is 11.1 Å². The van der Waals surface area contributed by atoms with Gasteiger partial charge in [-0.2, -0.15) is 0 Å². The van der Waals surface area contributed by atoms with Gasteiger partial charge >= 0.3 is 5.97 Å². The number of thioether (sulfide) groups is 1. The summed E-state index contributed by atoms with van der Waals surface area (Å²) in [5, 5.41) is 8.88. The second-order valence-corrected chi connectivity index (χ2v) is 8.36. The maximum Gasteiger partial charge on any atom is 0.323 e. The summed E-state index contributed by atoms with van der Waals surface area (Å²) in [6, 6.07) is 12.7. The molecule has 144 valence electrons.